The zero-order chi connectivity index (χ0) is 18.4. The molecule has 5 rings (SSSR count). The number of rotatable bonds is 2. The summed E-state index contributed by atoms with van der Waals surface area (Å²) in [7, 11) is 0. The van der Waals surface area contributed by atoms with E-state index in [4.69, 9.17) is 0 Å². The van der Waals surface area contributed by atoms with Gasteiger partial charge in [0.15, 0.2) is 0 Å². The van der Waals surface area contributed by atoms with E-state index in [0.29, 0.717) is 22.6 Å². The van der Waals surface area contributed by atoms with E-state index in [1.165, 1.54) is 103 Å². The van der Waals surface area contributed by atoms with Crippen molar-refractivity contribution in [3.8, 4) is 0 Å². The van der Waals surface area contributed by atoms with Gasteiger partial charge in [-0.05, 0) is 74.0 Å². The molecule has 8 unspecified atom stereocenters. The summed E-state index contributed by atoms with van der Waals surface area (Å²) in [6, 6.07) is 0. The zero-order valence-corrected chi connectivity index (χ0v) is 18.8. The minimum atomic E-state index is -0.354. The Morgan fingerprint density at radius 3 is 1.93 bits per heavy atom. The SMILES string of the molecule is OC1(C2CCCCC2Br)C2CCCCC2C2CCCC(C3CCCCC3)C21. The van der Waals surface area contributed by atoms with E-state index in [0.717, 1.165) is 23.7 Å². The minimum Gasteiger partial charge on any atom is -0.389 e. The van der Waals surface area contributed by atoms with Gasteiger partial charge in [-0.25, -0.2) is 0 Å². The maximum atomic E-state index is 12.7. The standard InChI is InChI=1S/C25H41BrO/c26-23-16-7-6-15-22(23)25(27)21-14-5-4-11-19(21)20-13-8-12-18(24(20)25)17-9-2-1-3-10-17/h17-24,27H,1-16H2. The Balaban J connectivity index is 1.52. The maximum absolute atomic E-state index is 12.7. The average molecular weight is 438 g/mol. The number of hydrogen-bond acceptors (Lipinski definition) is 1. The normalized spacial score (nSPS) is 51.6. The lowest BCUT2D eigenvalue weighted by Gasteiger charge is -2.52. The van der Waals surface area contributed by atoms with Gasteiger partial charge in [-0.2, -0.15) is 0 Å². The molecule has 1 N–H and O–H groups in total. The largest absolute Gasteiger partial charge is 0.389 e. The molecular formula is C25H41BrO. The van der Waals surface area contributed by atoms with Crippen molar-refractivity contribution in [1.82, 2.24) is 0 Å². The Labute approximate surface area is 175 Å². The van der Waals surface area contributed by atoms with Gasteiger partial charge in [0.2, 0.25) is 0 Å². The van der Waals surface area contributed by atoms with Crippen LogP contribution in [-0.2, 0) is 0 Å². The van der Waals surface area contributed by atoms with E-state index in [-0.39, 0.29) is 5.60 Å². The molecule has 2 heteroatoms. The van der Waals surface area contributed by atoms with Crippen LogP contribution in [0.4, 0.5) is 0 Å². The van der Waals surface area contributed by atoms with Crippen molar-refractivity contribution < 1.29 is 5.11 Å². The number of halogens is 1. The van der Waals surface area contributed by atoms with Gasteiger partial charge in [0.25, 0.3) is 0 Å². The van der Waals surface area contributed by atoms with Crippen molar-refractivity contribution in [2.75, 3.05) is 0 Å². The predicted molar refractivity (Wildman–Crippen MR) is 116 cm³/mol. The summed E-state index contributed by atoms with van der Waals surface area (Å²) in [6.45, 7) is 0. The monoisotopic (exact) mass is 436 g/mol. The molecule has 0 aromatic carbocycles. The van der Waals surface area contributed by atoms with Gasteiger partial charge in [0.05, 0.1) is 5.60 Å². The second-order valence-corrected chi connectivity index (χ2v) is 12.2. The molecule has 0 bridgehead atoms. The molecule has 0 heterocycles. The van der Waals surface area contributed by atoms with Crippen LogP contribution in [0.5, 0.6) is 0 Å². The molecule has 0 aromatic rings. The van der Waals surface area contributed by atoms with Gasteiger partial charge < -0.3 is 5.11 Å². The zero-order valence-electron chi connectivity index (χ0n) is 17.3. The van der Waals surface area contributed by atoms with Crippen molar-refractivity contribution in [3.05, 3.63) is 0 Å². The molecule has 0 aliphatic heterocycles. The quantitative estimate of drug-likeness (QED) is 0.457. The first-order valence-corrected chi connectivity index (χ1v) is 13.5. The van der Waals surface area contributed by atoms with Gasteiger partial charge >= 0.3 is 0 Å². The molecule has 27 heavy (non-hydrogen) atoms. The fraction of sp³-hybridized carbons (Fsp3) is 1.00. The van der Waals surface area contributed by atoms with Crippen LogP contribution >= 0.6 is 15.9 Å². The van der Waals surface area contributed by atoms with Crippen molar-refractivity contribution in [2.45, 2.75) is 113 Å². The van der Waals surface area contributed by atoms with E-state index in [1.54, 1.807) is 0 Å². The Hall–Kier alpha value is 0.440. The molecule has 5 saturated carbocycles. The summed E-state index contributed by atoms with van der Waals surface area (Å²) in [6.07, 6.45) is 22.4. The summed E-state index contributed by atoms with van der Waals surface area (Å²) >= 11 is 4.09. The first-order chi connectivity index (χ1) is 13.2. The van der Waals surface area contributed by atoms with Gasteiger partial charge in [-0.3, -0.25) is 0 Å². The van der Waals surface area contributed by atoms with Gasteiger partial charge in [-0.15, -0.1) is 0 Å². The highest BCUT2D eigenvalue weighted by atomic mass is 79.9. The van der Waals surface area contributed by atoms with Crippen LogP contribution in [0.1, 0.15) is 103 Å². The molecule has 154 valence electrons. The molecule has 5 aliphatic carbocycles. The Morgan fingerprint density at radius 2 is 1.15 bits per heavy atom. The van der Waals surface area contributed by atoms with Crippen LogP contribution < -0.4 is 0 Å². The smallest absolute Gasteiger partial charge is 0.0750 e. The highest BCUT2D eigenvalue weighted by molar-refractivity contribution is 9.09. The molecule has 1 nitrogen and oxygen atoms in total. The third-order valence-corrected chi connectivity index (χ3v) is 11.1. The number of hydrogen-bond donors (Lipinski definition) is 1. The van der Waals surface area contributed by atoms with E-state index in [2.05, 4.69) is 15.9 Å². The highest BCUT2D eigenvalue weighted by Crippen LogP contribution is 2.66. The Bertz CT molecular complexity index is 514. The predicted octanol–water partition coefficient (Wildman–Crippen LogP) is 7.10. The van der Waals surface area contributed by atoms with E-state index < -0.39 is 0 Å². The van der Waals surface area contributed by atoms with Gasteiger partial charge in [0, 0.05) is 10.7 Å². The first-order valence-electron chi connectivity index (χ1n) is 12.6. The van der Waals surface area contributed by atoms with Crippen molar-refractivity contribution in [2.24, 2.45) is 41.4 Å². The van der Waals surface area contributed by atoms with E-state index in [9.17, 15) is 5.11 Å². The van der Waals surface area contributed by atoms with Crippen molar-refractivity contribution >= 4 is 15.9 Å². The lowest BCUT2D eigenvalue weighted by atomic mass is 9.57. The first kappa shape index (κ1) is 19.4. The molecule has 0 spiro atoms. The number of alkyl halides is 1. The fourth-order valence-corrected chi connectivity index (χ4v) is 10.2. The lowest BCUT2D eigenvalue weighted by molar-refractivity contribution is -0.135. The summed E-state index contributed by atoms with van der Waals surface area (Å²) in [5, 5.41) is 12.7. The highest BCUT2D eigenvalue weighted by Gasteiger charge is 2.65. The molecule has 0 saturated heterocycles. The second-order valence-electron chi connectivity index (χ2n) is 11.0. The van der Waals surface area contributed by atoms with Crippen LogP contribution in [0.2, 0.25) is 0 Å². The fourth-order valence-electron chi connectivity index (χ4n) is 9.15. The van der Waals surface area contributed by atoms with Crippen LogP contribution in [0.25, 0.3) is 0 Å². The molecule has 5 fully saturated rings. The molecule has 8 atom stereocenters. The number of fused-ring (bicyclic) bond motifs is 3. The van der Waals surface area contributed by atoms with Crippen LogP contribution in [0.15, 0.2) is 0 Å². The Kier molecular flexibility index (Phi) is 5.70. The van der Waals surface area contributed by atoms with Crippen LogP contribution in [0, 0.1) is 41.4 Å². The molecule has 0 amide bonds. The number of aliphatic hydroxyl groups is 1. The summed E-state index contributed by atoms with van der Waals surface area (Å²) < 4.78 is 0. The second kappa shape index (κ2) is 7.93. The van der Waals surface area contributed by atoms with Gasteiger partial charge in [0.1, 0.15) is 0 Å². The Morgan fingerprint density at radius 1 is 0.556 bits per heavy atom. The summed E-state index contributed by atoms with van der Waals surface area (Å²) in [4.78, 5) is 0.562. The topological polar surface area (TPSA) is 20.2 Å². The third-order valence-electron chi connectivity index (χ3n) is 10.0. The molecular weight excluding hydrogens is 396 g/mol. The summed E-state index contributed by atoms with van der Waals surface area (Å²) in [5.74, 6) is 5.23. The summed E-state index contributed by atoms with van der Waals surface area (Å²) in [5.41, 5.74) is -0.354. The van der Waals surface area contributed by atoms with E-state index >= 15 is 0 Å². The lowest BCUT2D eigenvalue weighted by Crippen LogP contribution is -2.55. The van der Waals surface area contributed by atoms with E-state index in [1.807, 2.05) is 0 Å². The average Bonchev–Trinajstić information content (AvgIpc) is 2.99. The van der Waals surface area contributed by atoms with Crippen LogP contribution in [-0.4, -0.2) is 15.5 Å². The third kappa shape index (κ3) is 3.18. The minimum absolute atomic E-state index is 0.354. The molecule has 0 radical (unpaired) electrons. The van der Waals surface area contributed by atoms with Crippen molar-refractivity contribution in [3.63, 3.8) is 0 Å². The van der Waals surface area contributed by atoms with Crippen LogP contribution in [0.3, 0.4) is 0 Å². The molecule has 5 aliphatic rings. The maximum Gasteiger partial charge on any atom is 0.0750 e. The van der Waals surface area contributed by atoms with Crippen molar-refractivity contribution in [1.29, 1.82) is 0 Å². The molecule has 0 aromatic heterocycles. The van der Waals surface area contributed by atoms with Gasteiger partial charge in [-0.1, -0.05) is 80.1 Å².